The second-order valence-corrected chi connectivity index (χ2v) is 5.18. The van der Waals surface area contributed by atoms with Crippen molar-refractivity contribution in [2.24, 2.45) is 11.8 Å². The van der Waals surface area contributed by atoms with E-state index in [9.17, 15) is 5.11 Å². The number of nitrogens with zero attached hydrogens (tertiary/aromatic N) is 3. The summed E-state index contributed by atoms with van der Waals surface area (Å²) in [5.74, 6) is 2.00. The molecule has 1 aromatic rings. The van der Waals surface area contributed by atoms with E-state index in [2.05, 4.69) is 30.9 Å². The van der Waals surface area contributed by atoms with Crippen LogP contribution in [-0.4, -0.2) is 26.0 Å². The Bertz CT molecular complexity index is 348. The Morgan fingerprint density at radius 1 is 1.50 bits per heavy atom. The van der Waals surface area contributed by atoms with Gasteiger partial charge in [-0.15, -0.1) is 0 Å². The maximum Gasteiger partial charge on any atom is 0.138 e. The Kier molecular flexibility index (Phi) is 3.28. The smallest absolute Gasteiger partial charge is 0.138 e. The van der Waals surface area contributed by atoms with Crippen LogP contribution in [0, 0.1) is 11.8 Å². The maximum absolute atomic E-state index is 9.73. The van der Waals surface area contributed by atoms with Gasteiger partial charge in [0.2, 0.25) is 0 Å². The lowest BCUT2D eigenvalue weighted by Crippen LogP contribution is -2.19. The Morgan fingerprint density at radius 3 is 2.81 bits per heavy atom. The summed E-state index contributed by atoms with van der Waals surface area (Å²) in [5, 5.41) is 14.0. The zero-order chi connectivity index (χ0) is 11.7. The molecule has 1 fully saturated rings. The largest absolute Gasteiger partial charge is 0.393 e. The highest BCUT2D eigenvalue weighted by molar-refractivity contribution is 4.93. The van der Waals surface area contributed by atoms with Gasteiger partial charge in [0, 0.05) is 12.5 Å². The van der Waals surface area contributed by atoms with Gasteiger partial charge in [-0.3, -0.25) is 0 Å². The van der Waals surface area contributed by atoms with Crippen molar-refractivity contribution in [3.8, 4) is 0 Å². The van der Waals surface area contributed by atoms with Crippen molar-refractivity contribution in [1.82, 2.24) is 14.8 Å². The molecular formula is C12H21N3O. The predicted molar refractivity (Wildman–Crippen MR) is 62.0 cm³/mol. The second-order valence-electron chi connectivity index (χ2n) is 5.18. The Hall–Kier alpha value is -0.900. The average molecular weight is 223 g/mol. The molecule has 1 heterocycles. The van der Waals surface area contributed by atoms with Gasteiger partial charge in [-0.2, -0.15) is 5.10 Å². The molecule has 3 unspecified atom stereocenters. The summed E-state index contributed by atoms with van der Waals surface area (Å²) in [6.07, 6.45) is 4.48. The van der Waals surface area contributed by atoms with Crippen molar-refractivity contribution in [3.05, 3.63) is 12.2 Å². The fourth-order valence-electron chi connectivity index (χ4n) is 2.60. The molecule has 4 heteroatoms. The van der Waals surface area contributed by atoms with Crippen LogP contribution in [0.4, 0.5) is 0 Å². The number of hydrogen-bond acceptors (Lipinski definition) is 3. The van der Waals surface area contributed by atoms with Crippen molar-refractivity contribution in [3.63, 3.8) is 0 Å². The summed E-state index contributed by atoms with van der Waals surface area (Å²) in [4.78, 5) is 4.33. The minimum Gasteiger partial charge on any atom is -0.393 e. The molecule has 0 saturated heterocycles. The predicted octanol–water partition coefficient (Wildman–Crippen LogP) is 1.81. The molecule has 0 bridgehead atoms. The van der Waals surface area contributed by atoms with Gasteiger partial charge in [-0.05, 0) is 38.5 Å². The van der Waals surface area contributed by atoms with E-state index in [4.69, 9.17) is 0 Å². The molecule has 0 radical (unpaired) electrons. The van der Waals surface area contributed by atoms with E-state index in [0.717, 1.165) is 25.1 Å². The first-order chi connectivity index (χ1) is 7.59. The van der Waals surface area contributed by atoms with Gasteiger partial charge in [0.05, 0.1) is 6.10 Å². The van der Waals surface area contributed by atoms with E-state index in [1.807, 2.05) is 4.68 Å². The van der Waals surface area contributed by atoms with Gasteiger partial charge in [-0.25, -0.2) is 9.67 Å². The molecule has 4 nitrogen and oxygen atoms in total. The van der Waals surface area contributed by atoms with Crippen molar-refractivity contribution in [2.45, 2.75) is 52.2 Å². The Morgan fingerprint density at radius 2 is 2.25 bits per heavy atom. The van der Waals surface area contributed by atoms with Crippen LogP contribution in [-0.2, 0) is 6.42 Å². The van der Waals surface area contributed by atoms with Crippen LogP contribution >= 0.6 is 0 Å². The van der Waals surface area contributed by atoms with Gasteiger partial charge in [0.25, 0.3) is 0 Å². The van der Waals surface area contributed by atoms with Crippen LogP contribution in [0.1, 0.15) is 45.5 Å². The third-order valence-corrected chi connectivity index (χ3v) is 3.76. The molecular weight excluding hydrogens is 202 g/mol. The first-order valence-electron chi connectivity index (χ1n) is 6.16. The molecule has 2 rings (SSSR count). The van der Waals surface area contributed by atoms with Crippen molar-refractivity contribution >= 4 is 0 Å². The summed E-state index contributed by atoms with van der Waals surface area (Å²) in [5.41, 5.74) is 0. The quantitative estimate of drug-likeness (QED) is 0.850. The number of aromatic nitrogens is 3. The molecule has 0 amide bonds. The first kappa shape index (κ1) is 11.6. The van der Waals surface area contributed by atoms with Crippen LogP contribution in [0.2, 0.25) is 0 Å². The number of aliphatic hydroxyl groups is 1. The molecule has 3 atom stereocenters. The highest BCUT2D eigenvalue weighted by atomic mass is 16.3. The van der Waals surface area contributed by atoms with Gasteiger partial charge in [0.1, 0.15) is 12.2 Å². The SMILES string of the molecule is CC1C(O)CCC1Cc1ncnn1C(C)C. The minimum absolute atomic E-state index is 0.125. The van der Waals surface area contributed by atoms with E-state index < -0.39 is 0 Å². The van der Waals surface area contributed by atoms with Gasteiger partial charge in [0.15, 0.2) is 0 Å². The topological polar surface area (TPSA) is 50.9 Å². The lowest BCUT2D eigenvalue weighted by molar-refractivity contribution is 0.127. The molecule has 1 aliphatic rings. The van der Waals surface area contributed by atoms with Gasteiger partial charge in [-0.1, -0.05) is 6.92 Å². The third-order valence-electron chi connectivity index (χ3n) is 3.76. The number of rotatable bonds is 3. The monoisotopic (exact) mass is 223 g/mol. The zero-order valence-corrected chi connectivity index (χ0v) is 10.3. The molecule has 1 N–H and O–H groups in total. The van der Waals surface area contributed by atoms with Crippen LogP contribution in [0.25, 0.3) is 0 Å². The van der Waals surface area contributed by atoms with Crippen molar-refractivity contribution in [2.75, 3.05) is 0 Å². The number of aliphatic hydroxyl groups excluding tert-OH is 1. The van der Waals surface area contributed by atoms with Gasteiger partial charge < -0.3 is 5.11 Å². The first-order valence-corrected chi connectivity index (χ1v) is 6.16. The molecule has 0 spiro atoms. The molecule has 0 aliphatic heterocycles. The summed E-state index contributed by atoms with van der Waals surface area (Å²) in [7, 11) is 0. The van der Waals surface area contributed by atoms with Gasteiger partial charge >= 0.3 is 0 Å². The molecule has 1 aliphatic carbocycles. The van der Waals surface area contributed by atoms with Crippen LogP contribution in [0.5, 0.6) is 0 Å². The van der Waals surface area contributed by atoms with E-state index in [-0.39, 0.29) is 6.10 Å². The Balaban J connectivity index is 2.06. The van der Waals surface area contributed by atoms with Crippen LogP contribution in [0.15, 0.2) is 6.33 Å². The molecule has 90 valence electrons. The van der Waals surface area contributed by atoms with E-state index >= 15 is 0 Å². The fraction of sp³-hybridized carbons (Fsp3) is 0.833. The number of hydrogen-bond donors (Lipinski definition) is 1. The summed E-state index contributed by atoms with van der Waals surface area (Å²) >= 11 is 0. The Labute approximate surface area is 96.7 Å². The summed E-state index contributed by atoms with van der Waals surface area (Å²) < 4.78 is 1.98. The fourth-order valence-corrected chi connectivity index (χ4v) is 2.60. The lowest BCUT2D eigenvalue weighted by atomic mass is 9.93. The summed E-state index contributed by atoms with van der Waals surface area (Å²) in [6.45, 7) is 6.37. The normalized spacial score (nSPS) is 30.2. The highest BCUT2D eigenvalue weighted by Gasteiger charge is 2.32. The molecule has 16 heavy (non-hydrogen) atoms. The molecule has 1 aromatic heterocycles. The molecule has 1 saturated carbocycles. The average Bonchev–Trinajstić information content (AvgIpc) is 2.80. The second kappa shape index (κ2) is 4.53. The van der Waals surface area contributed by atoms with Crippen LogP contribution in [0.3, 0.4) is 0 Å². The van der Waals surface area contributed by atoms with E-state index in [1.165, 1.54) is 0 Å². The standard InChI is InChI=1S/C12H21N3O/c1-8(2)15-12(13-7-14-15)6-10-4-5-11(16)9(10)3/h7-11,16H,4-6H2,1-3H3. The maximum atomic E-state index is 9.73. The highest BCUT2D eigenvalue weighted by Crippen LogP contribution is 2.33. The zero-order valence-electron chi connectivity index (χ0n) is 10.3. The van der Waals surface area contributed by atoms with Crippen molar-refractivity contribution in [1.29, 1.82) is 0 Å². The summed E-state index contributed by atoms with van der Waals surface area (Å²) in [6, 6.07) is 0.360. The van der Waals surface area contributed by atoms with E-state index in [0.29, 0.717) is 17.9 Å². The third kappa shape index (κ3) is 2.12. The minimum atomic E-state index is -0.125. The lowest BCUT2D eigenvalue weighted by Gasteiger charge is -2.18. The van der Waals surface area contributed by atoms with E-state index in [1.54, 1.807) is 6.33 Å². The molecule has 0 aromatic carbocycles. The van der Waals surface area contributed by atoms with Crippen molar-refractivity contribution < 1.29 is 5.11 Å². The van der Waals surface area contributed by atoms with Crippen LogP contribution < -0.4 is 0 Å².